The van der Waals surface area contributed by atoms with Crippen molar-refractivity contribution < 1.29 is 14.3 Å². The van der Waals surface area contributed by atoms with Gasteiger partial charge >= 0.3 is 0 Å². The van der Waals surface area contributed by atoms with Crippen LogP contribution in [0.3, 0.4) is 0 Å². The highest BCUT2D eigenvalue weighted by atomic mass is 79.9. The number of thioether (sulfide) groups is 1. The summed E-state index contributed by atoms with van der Waals surface area (Å²) in [7, 11) is 3.13. The summed E-state index contributed by atoms with van der Waals surface area (Å²) in [4.78, 5) is 17.4. The Morgan fingerprint density at radius 1 is 1.26 bits per heavy atom. The van der Waals surface area contributed by atoms with E-state index in [2.05, 4.69) is 26.2 Å². The molecular weight excluding hydrogens is 452 g/mol. The summed E-state index contributed by atoms with van der Waals surface area (Å²) in [6.07, 6.45) is 1.75. The summed E-state index contributed by atoms with van der Waals surface area (Å²) in [6, 6.07) is 9.14. The van der Waals surface area contributed by atoms with Crippen LogP contribution >= 0.6 is 39.3 Å². The number of hydrogen-bond donors (Lipinski definition) is 1. The van der Waals surface area contributed by atoms with Crippen molar-refractivity contribution in [3.63, 3.8) is 0 Å². The third-order valence-electron chi connectivity index (χ3n) is 3.87. The van der Waals surface area contributed by atoms with Gasteiger partial charge in [0.25, 0.3) is 5.91 Å². The lowest BCUT2D eigenvalue weighted by atomic mass is 10.1. The number of aliphatic imine (C=N–C) groups is 1. The van der Waals surface area contributed by atoms with Gasteiger partial charge < -0.3 is 14.8 Å². The van der Waals surface area contributed by atoms with Crippen LogP contribution in [0.4, 0.5) is 5.69 Å². The van der Waals surface area contributed by atoms with E-state index in [1.165, 1.54) is 11.8 Å². The van der Waals surface area contributed by atoms with Crippen molar-refractivity contribution in [2.75, 3.05) is 14.2 Å². The number of hydrogen-bond acceptors (Lipinski definition) is 5. The van der Waals surface area contributed by atoms with Gasteiger partial charge in [0.15, 0.2) is 16.7 Å². The number of amidine groups is 1. The van der Waals surface area contributed by atoms with Gasteiger partial charge in [-0.05, 0) is 54.6 Å². The Labute approximate surface area is 174 Å². The first-order chi connectivity index (χ1) is 12.9. The maximum atomic E-state index is 12.4. The highest BCUT2D eigenvalue weighted by Gasteiger charge is 2.25. The van der Waals surface area contributed by atoms with E-state index in [4.69, 9.17) is 21.1 Å². The molecule has 1 saturated heterocycles. The van der Waals surface area contributed by atoms with Gasteiger partial charge in [-0.1, -0.05) is 33.6 Å². The standard InChI is InChI=1S/C19H16BrClN2O3S/c1-10-13(21)5-4-6-14(10)22-19-23-18(24)16(27-19)8-11-7-12(20)9-15(25-2)17(11)26-3/h4-9H,1-3H3,(H,22,23,24)/b16-8+. The average Bonchev–Trinajstić information content (AvgIpc) is 2.97. The Hall–Kier alpha value is -1.96. The molecule has 0 atom stereocenters. The molecule has 3 rings (SSSR count). The molecule has 1 fully saturated rings. The van der Waals surface area contributed by atoms with Crippen molar-refractivity contribution in [2.45, 2.75) is 6.92 Å². The lowest BCUT2D eigenvalue weighted by Crippen LogP contribution is -2.19. The molecule has 0 bridgehead atoms. The number of nitrogens with zero attached hydrogens (tertiary/aromatic N) is 1. The van der Waals surface area contributed by atoms with E-state index in [1.807, 2.05) is 25.1 Å². The fourth-order valence-corrected chi connectivity index (χ4v) is 3.96. The first-order valence-corrected chi connectivity index (χ1v) is 9.88. The Morgan fingerprint density at radius 2 is 2.04 bits per heavy atom. The third-order valence-corrected chi connectivity index (χ3v) is 5.65. The zero-order valence-corrected chi connectivity index (χ0v) is 18.0. The van der Waals surface area contributed by atoms with Crippen molar-refractivity contribution >= 4 is 62.1 Å². The van der Waals surface area contributed by atoms with Crippen LogP contribution in [0.2, 0.25) is 5.02 Å². The van der Waals surface area contributed by atoms with Gasteiger partial charge in [-0.15, -0.1) is 0 Å². The molecule has 2 aromatic carbocycles. The number of nitrogens with one attached hydrogen (secondary N) is 1. The Kier molecular flexibility index (Phi) is 6.14. The van der Waals surface area contributed by atoms with E-state index >= 15 is 0 Å². The number of benzene rings is 2. The lowest BCUT2D eigenvalue weighted by Gasteiger charge is -2.11. The van der Waals surface area contributed by atoms with Crippen LogP contribution in [0.1, 0.15) is 11.1 Å². The van der Waals surface area contributed by atoms with Gasteiger partial charge in [0, 0.05) is 15.1 Å². The van der Waals surface area contributed by atoms with Crippen molar-refractivity contribution in [1.82, 2.24) is 5.32 Å². The van der Waals surface area contributed by atoms with E-state index in [-0.39, 0.29) is 5.91 Å². The normalized spacial score (nSPS) is 16.7. The van der Waals surface area contributed by atoms with E-state index in [0.717, 1.165) is 15.6 Å². The van der Waals surface area contributed by atoms with Crippen LogP contribution in [0.25, 0.3) is 6.08 Å². The summed E-state index contributed by atoms with van der Waals surface area (Å²) in [6.45, 7) is 1.89. The van der Waals surface area contributed by atoms with Gasteiger partial charge in [-0.25, -0.2) is 4.99 Å². The Bertz CT molecular complexity index is 976. The molecule has 140 valence electrons. The maximum absolute atomic E-state index is 12.4. The molecule has 27 heavy (non-hydrogen) atoms. The minimum atomic E-state index is -0.223. The SMILES string of the molecule is COc1cc(Br)cc(/C=C2/SC(=Nc3cccc(Cl)c3C)NC2=O)c1OC. The van der Waals surface area contributed by atoms with Crippen molar-refractivity contribution in [2.24, 2.45) is 4.99 Å². The predicted octanol–water partition coefficient (Wildman–Crippen LogP) is 5.32. The molecule has 0 radical (unpaired) electrons. The quantitative estimate of drug-likeness (QED) is 0.618. The highest BCUT2D eigenvalue weighted by Crippen LogP contribution is 2.38. The van der Waals surface area contributed by atoms with E-state index in [0.29, 0.717) is 32.3 Å². The van der Waals surface area contributed by atoms with Crippen LogP contribution in [-0.4, -0.2) is 25.3 Å². The van der Waals surface area contributed by atoms with Crippen molar-refractivity contribution in [1.29, 1.82) is 0 Å². The molecule has 1 amide bonds. The fourth-order valence-electron chi connectivity index (χ4n) is 2.51. The second-order valence-electron chi connectivity index (χ2n) is 5.60. The summed E-state index contributed by atoms with van der Waals surface area (Å²) in [5, 5.41) is 3.91. The van der Waals surface area contributed by atoms with Crippen LogP contribution in [-0.2, 0) is 4.79 Å². The van der Waals surface area contributed by atoms with Crippen LogP contribution in [0.5, 0.6) is 11.5 Å². The summed E-state index contributed by atoms with van der Waals surface area (Å²) < 4.78 is 11.6. The summed E-state index contributed by atoms with van der Waals surface area (Å²) in [5.41, 5.74) is 2.30. The minimum absolute atomic E-state index is 0.223. The van der Waals surface area contributed by atoms with E-state index in [9.17, 15) is 4.79 Å². The number of rotatable bonds is 4. The molecule has 0 aliphatic carbocycles. The molecule has 2 aromatic rings. The molecule has 1 heterocycles. The number of methoxy groups -OCH3 is 2. The second kappa shape index (κ2) is 8.37. The summed E-state index contributed by atoms with van der Waals surface area (Å²) in [5.74, 6) is 0.905. The molecule has 8 heteroatoms. The number of halogens is 2. The number of carbonyl (C=O) groups is 1. The molecule has 0 spiro atoms. The highest BCUT2D eigenvalue weighted by molar-refractivity contribution is 9.10. The Morgan fingerprint density at radius 3 is 2.74 bits per heavy atom. The molecule has 1 N–H and O–H groups in total. The second-order valence-corrected chi connectivity index (χ2v) is 7.95. The average molecular weight is 468 g/mol. The molecule has 1 aliphatic heterocycles. The molecular formula is C19H16BrClN2O3S. The van der Waals surface area contributed by atoms with Gasteiger partial charge in [-0.3, -0.25) is 4.79 Å². The molecule has 1 aliphatic rings. The number of ether oxygens (including phenoxy) is 2. The smallest absolute Gasteiger partial charge is 0.264 e. The van der Waals surface area contributed by atoms with Crippen molar-refractivity contribution in [3.8, 4) is 11.5 Å². The van der Waals surface area contributed by atoms with Gasteiger partial charge in [-0.2, -0.15) is 0 Å². The summed E-state index contributed by atoms with van der Waals surface area (Å²) >= 11 is 10.8. The van der Waals surface area contributed by atoms with Gasteiger partial charge in [0.2, 0.25) is 0 Å². The zero-order valence-electron chi connectivity index (χ0n) is 14.8. The van der Waals surface area contributed by atoms with E-state index in [1.54, 1.807) is 32.4 Å². The zero-order chi connectivity index (χ0) is 19.6. The van der Waals surface area contributed by atoms with Gasteiger partial charge in [0.05, 0.1) is 24.8 Å². The van der Waals surface area contributed by atoms with E-state index < -0.39 is 0 Å². The van der Waals surface area contributed by atoms with Crippen LogP contribution in [0, 0.1) is 6.92 Å². The molecule has 0 aromatic heterocycles. The van der Waals surface area contributed by atoms with Gasteiger partial charge in [0.1, 0.15) is 0 Å². The first kappa shape index (κ1) is 19.8. The monoisotopic (exact) mass is 466 g/mol. The third kappa shape index (κ3) is 4.31. The van der Waals surface area contributed by atoms with Crippen molar-refractivity contribution in [3.05, 3.63) is 55.9 Å². The molecule has 0 saturated carbocycles. The number of amides is 1. The largest absolute Gasteiger partial charge is 0.493 e. The minimum Gasteiger partial charge on any atom is -0.493 e. The number of carbonyl (C=O) groups excluding carboxylic acids is 1. The molecule has 5 nitrogen and oxygen atoms in total. The lowest BCUT2D eigenvalue weighted by molar-refractivity contribution is -0.115. The predicted molar refractivity (Wildman–Crippen MR) is 114 cm³/mol. The molecule has 0 unspecified atom stereocenters. The van der Waals surface area contributed by atoms with Crippen LogP contribution < -0.4 is 14.8 Å². The Balaban J connectivity index is 1.96. The first-order valence-electron chi connectivity index (χ1n) is 7.89. The topological polar surface area (TPSA) is 59.9 Å². The fraction of sp³-hybridized carbons (Fsp3) is 0.158. The maximum Gasteiger partial charge on any atom is 0.264 e. The van der Waals surface area contributed by atoms with Crippen LogP contribution in [0.15, 0.2) is 44.7 Å².